The number of benzene rings is 12. The summed E-state index contributed by atoms with van der Waals surface area (Å²) in [4.78, 5) is 4.85. The molecule has 0 radical (unpaired) electrons. The molecule has 0 amide bonds. The van der Waals surface area contributed by atoms with E-state index in [9.17, 15) is 0 Å². The highest BCUT2D eigenvalue weighted by Crippen LogP contribution is 2.52. The lowest BCUT2D eigenvalue weighted by Crippen LogP contribution is -2.14. The second-order valence-corrected chi connectivity index (χ2v) is 18.9. The molecule has 0 saturated carbocycles. The Kier molecular flexibility index (Phi) is 8.92. The van der Waals surface area contributed by atoms with Crippen LogP contribution >= 0.6 is 0 Å². The molecule has 0 unspecified atom stereocenters. The molecule has 1 aliphatic rings. The number of rotatable bonds is 7. The zero-order valence-electron chi connectivity index (χ0n) is 39.2. The highest BCUT2D eigenvalue weighted by molar-refractivity contribution is 6.18. The molecule has 72 heavy (non-hydrogen) atoms. The van der Waals surface area contributed by atoms with Gasteiger partial charge in [0, 0.05) is 66.6 Å². The molecule has 0 N–H and O–H groups in total. The predicted molar refractivity (Wildman–Crippen MR) is 304 cm³/mol. The van der Waals surface area contributed by atoms with Crippen LogP contribution in [0, 0.1) is 0 Å². The van der Waals surface area contributed by atoms with E-state index in [-0.39, 0.29) is 0 Å². The molecule has 0 fully saturated rings. The first kappa shape index (κ1) is 40.3. The first-order valence-corrected chi connectivity index (χ1v) is 24.8. The molecule has 4 heteroatoms. The maximum atomic E-state index is 2.44. The van der Waals surface area contributed by atoms with Gasteiger partial charge in [-0.2, -0.15) is 0 Å². The van der Waals surface area contributed by atoms with Gasteiger partial charge in [-0.05, 0) is 142 Å². The fourth-order valence-corrected chi connectivity index (χ4v) is 11.8. The van der Waals surface area contributed by atoms with Gasteiger partial charge in [0.2, 0.25) is 0 Å². The molecular formula is C68H44N4. The number of aromatic nitrogens is 2. The van der Waals surface area contributed by atoms with Crippen LogP contribution in [0.5, 0.6) is 0 Å². The number of hydrogen-bond acceptors (Lipinski definition) is 2. The van der Waals surface area contributed by atoms with Crippen LogP contribution in [-0.2, 0) is 0 Å². The summed E-state index contributed by atoms with van der Waals surface area (Å²) in [5, 5.41) is 9.81. The molecule has 0 atom stereocenters. The number of para-hydroxylation sites is 5. The van der Waals surface area contributed by atoms with Gasteiger partial charge in [0.15, 0.2) is 0 Å². The van der Waals surface area contributed by atoms with Gasteiger partial charge < -0.3 is 18.9 Å². The van der Waals surface area contributed by atoms with Crippen LogP contribution < -0.4 is 9.80 Å². The maximum absolute atomic E-state index is 2.44. The standard InChI is InChI=1S/C68H44N4/c1-3-18-48(19-4-1)70-63-27-13-10-23-56(63)60-43-52(36-40-65(60)70)69(53-37-41-66-61(44-53)57-24-11-14-28-64(57)72(66)51-35-30-45-16-7-8-17-47(45)42-51)50-33-31-46(32-34-50)54-38-39-59-55-22-9-12-26-62(55)71(49-20-5-2-6-21-49)67-29-15-25-58(54)68(59)67/h1-44H. The smallest absolute Gasteiger partial charge is 0.0546 e. The minimum Gasteiger partial charge on any atom is -0.310 e. The van der Waals surface area contributed by atoms with E-state index in [2.05, 4.69) is 286 Å². The quantitative estimate of drug-likeness (QED) is 0.158. The second kappa shape index (κ2) is 16.0. The average molecular weight is 917 g/mol. The summed E-state index contributed by atoms with van der Waals surface area (Å²) in [6, 6.07) is 97.9. The number of nitrogens with zero attached hydrogens (tertiary/aromatic N) is 4. The molecule has 0 saturated heterocycles. The summed E-state index contributed by atoms with van der Waals surface area (Å²) in [5.41, 5.74) is 18.7. The van der Waals surface area contributed by atoms with Crippen LogP contribution in [0.1, 0.15) is 0 Å². The van der Waals surface area contributed by atoms with E-state index < -0.39 is 0 Å². The van der Waals surface area contributed by atoms with E-state index in [4.69, 9.17) is 0 Å². The molecule has 336 valence electrons. The van der Waals surface area contributed by atoms with Gasteiger partial charge in [0.1, 0.15) is 0 Å². The topological polar surface area (TPSA) is 16.3 Å². The van der Waals surface area contributed by atoms with E-state index in [0.29, 0.717) is 0 Å². The van der Waals surface area contributed by atoms with Crippen LogP contribution in [0.3, 0.4) is 0 Å². The van der Waals surface area contributed by atoms with Gasteiger partial charge in [0.25, 0.3) is 0 Å². The Labute approximate surface area is 416 Å². The first-order chi connectivity index (χ1) is 35.7. The average Bonchev–Trinajstić information content (AvgIpc) is 3.96. The third-order valence-electron chi connectivity index (χ3n) is 15.0. The van der Waals surface area contributed by atoms with Gasteiger partial charge in [-0.3, -0.25) is 0 Å². The molecule has 0 bridgehead atoms. The molecule has 2 aromatic heterocycles. The Bertz CT molecular complexity index is 4450. The van der Waals surface area contributed by atoms with E-state index in [1.54, 1.807) is 0 Å². The highest BCUT2D eigenvalue weighted by Gasteiger charge is 2.27. The number of fused-ring (bicyclic) bond motifs is 9. The lowest BCUT2D eigenvalue weighted by molar-refractivity contribution is 1.18. The molecule has 0 spiro atoms. The lowest BCUT2D eigenvalue weighted by Gasteiger charge is -2.34. The van der Waals surface area contributed by atoms with Gasteiger partial charge in [-0.25, -0.2) is 0 Å². The molecule has 4 nitrogen and oxygen atoms in total. The monoisotopic (exact) mass is 916 g/mol. The molecular weight excluding hydrogens is 873 g/mol. The zero-order valence-corrected chi connectivity index (χ0v) is 39.2. The van der Waals surface area contributed by atoms with E-state index in [0.717, 1.165) is 34.1 Å². The van der Waals surface area contributed by atoms with Crippen molar-refractivity contribution in [3.05, 3.63) is 267 Å². The van der Waals surface area contributed by atoms with Crippen molar-refractivity contribution >= 4 is 99.3 Å². The molecule has 15 rings (SSSR count). The normalized spacial score (nSPS) is 12.1. The molecule has 1 aliphatic heterocycles. The largest absolute Gasteiger partial charge is 0.310 e. The zero-order chi connectivity index (χ0) is 47.3. The van der Waals surface area contributed by atoms with Gasteiger partial charge in [-0.15, -0.1) is 0 Å². The third kappa shape index (κ3) is 6.12. The van der Waals surface area contributed by atoms with Crippen molar-refractivity contribution < 1.29 is 0 Å². The summed E-state index contributed by atoms with van der Waals surface area (Å²) >= 11 is 0. The molecule has 3 heterocycles. The molecule has 12 aromatic carbocycles. The lowest BCUT2D eigenvalue weighted by atomic mass is 9.87. The minimum absolute atomic E-state index is 1.08. The van der Waals surface area contributed by atoms with Gasteiger partial charge >= 0.3 is 0 Å². The summed E-state index contributed by atoms with van der Waals surface area (Å²) in [7, 11) is 0. The fraction of sp³-hybridized carbons (Fsp3) is 0. The van der Waals surface area contributed by atoms with Gasteiger partial charge in [0.05, 0.1) is 33.4 Å². The molecule has 14 aromatic rings. The van der Waals surface area contributed by atoms with E-state index in [1.807, 2.05) is 0 Å². The van der Waals surface area contributed by atoms with Gasteiger partial charge in [-0.1, -0.05) is 158 Å². The van der Waals surface area contributed by atoms with Crippen molar-refractivity contribution in [3.8, 4) is 33.6 Å². The summed E-state index contributed by atoms with van der Waals surface area (Å²) in [5.74, 6) is 0. The van der Waals surface area contributed by atoms with Crippen molar-refractivity contribution in [2.24, 2.45) is 0 Å². The van der Waals surface area contributed by atoms with Crippen LogP contribution in [0.15, 0.2) is 267 Å². The summed E-state index contributed by atoms with van der Waals surface area (Å²) in [6.07, 6.45) is 0. The summed E-state index contributed by atoms with van der Waals surface area (Å²) in [6.45, 7) is 0. The maximum Gasteiger partial charge on any atom is 0.0546 e. The number of hydrogen-bond donors (Lipinski definition) is 0. The highest BCUT2D eigenvalue weighted by atomic mass is 15.2. The Morgan fingerprint density at radius 3 is 1.50 bits per heavy atom. The SMILES string of the molecule is c1ccc(N2c3ccccc3-c3ccc(-c4ccc(N(c5ccc6c(c5)c5ccccc5n6-c5ccccc5)c5ccc6c(c5)c5ccccc5n6-c5ccc6ccccc6c5)cc4)c4cccc2c34)cc1. The second-order valence-electron chi connectivity index (χ2n) is 18.9. The fourth-order valence-electron chi connectivity index (χ4n) is 11.8. The van der Waals surface area contributed by atoms with Crippen LogP contribution in [0.4, 0.5) is 34.1 Å². The minimum atomic E-state index is 1.08. The predicted octanol–water partition coefficient (Wildman–Crippen LogP) is 18.8. The van der Waals surface area contributed by atoms with Crippen LogP contribution in [0.2, 0.25) is 0 Å². The first-order valence-electron chi connectivity index (χ1n) is 24.8. The van der Waals surface area contributed by atoms with Crippen LogP contribution in [-0.4, -0.2) is 9.13 Å². The van der Waals surface area contributed by atoms with E-state index in [1.165, 1.54) is 98.8 Å². The Balaban J connectivity index is 0.914. The third-order valence-corrected chi connectivity index (χ3v) is 15.0. The van der Waals surface area contributed by atoms with Crippen molar-refractivity contribution in [2.45, 2.75) is 0 Å². The van der Waals surface area contributed by atoms with Crippen LogP contribution in [0.25, 0.3) is 98.8 Å². The van der Waals surface area contributed by atoms with Crippen molar-refractivity contribution in [1.82, 2.24) is 9.13 Å². The Hall–Kier alpha value is -9.64. The van der Waals surface area contributed by atoms with Crippen molar-refractivity contribution in [1.29, 1.82) is 0 Å². The van der Waals surface area contributed by atoms with E-state index >= 15 is 0 Å². The Morgan fingerprint density at radius 2 is 0.792 bits per heavy atom. The number of anilines is 6. The molecule has 0 aliphatic carbocycles. The Morgan fingerprint density at radius 1 is 0.264 bits per heavy atom. The van der Waals surface area contributed by atoms with Crippen molar-refractivity contribution in [2.75, 3.05) is 9.80 Å². The summed E-state index contributed by atoms with van der Waals surface area (Å²) < 4.78 is 4.81. The van der Waals surface area contributed by atoms with Crippen molar-refractivity contribution in [3.63, 3.8) is 0 Å².